The fourth-order valence-electron chi connectivity index (χ4n) is 6.76. The number of hydrogen-bond donors (Lipinski definition) is 0. The first-order chi connectivity index (χ1) is 19.3. The molecule has 216 valence electrons. The summed E-state index contributed by atoms with van der Waals surface area (Å²) in [7, 11) is 0. The average Bonchev–Trinajstić information content (AvgIpc) is 3.57. The van der Waals surface area contributed by atoms with E-state index in [1.54, 1.807) is 12.1 Å². The van der Waals surface area contributed by atoms with Crippen molar-refractivity contribution >= 4 is 23.4 Å². The van der Waals surface area contributed by atoms with Crippen molar-refractivity contribution in [3.8, 4) is 5.75 Å². The maximum Gasteiger partial charge on any atom is 0.282 e. The molecule has 0 radical (unpaired) electrons. The first-order valence-electron chi connectivity index (χ1n) is 14.6. The molecule has 40 heavy (non-hydrogen) atoms. The van der Waals surface area contributed by atoms with Crippen LogP contribution in [0, 0.1) is 11.8 Å². The monoisotopic (exact) mass is 575 g/mol. The molecule has 3 fully saturated rings. The van der Waals surface area contributed by atoms with Gasteiger partial charge in [0.05, 0.1) is 12.1 Å². The van der Waals surface area contributed by atoms with Gasteiger partial charge in [0.15, 0.2) is 0 Å². The Hall–Kier alpha value is -2.75. The number of halogens is 3. The largest absolute Gasteiger partial charge is 0.487 e. The van der Waals surface area contributed by atoms with E-state index in [-0.39, 0.29) is 41.8 Å². The van der Waals surface area contributed by atoms with E-state index in [1.165, 1.54) is 4.68 Å². The molecule has 2 aliphatic heterocycles. The molecule has 2 saturated carbocycles. The molecule has 1 aromatic heterocycles. The first-order valence-corrected chi connectivity index (χ1v) is 15.0. The van der Waals surface area contributed by atoms with Crippen LogP contribution >= 0.6 is 11.6 Å². The number of rotatable bonds is 8. The summed E-state index contributed by atoms with van der Waals surface area (Å²) in [5.74, 6) is 0.919. The van der Waals surface area contributed by atoms with Crippen molar-refractivity contribution in [1.82, 2.24) is 24.8 Å². The van der Waals surface area contributed by atoms with E-state index >= 15 is 0 Å². The van der Waals surface area contributed by atoms with Crippen LogP contribution in [0.5, 0.6) is 5.75 Å². The Morgan fingerprint density at radius 2 is 1.93 bits per heavy atom. The molecule has 8 nitrogen and oxygen atoms in total. The molecule has 6 rings (SSSR count). The number of fused-ring (bicyclic) bond motifs is 1. The molecule has 2 amide bonds. The molecule has 3 atom stereocenters. The highest BCUT2D eigenvalue weighted by atomic mass is 35.5. The number of alkyl halides is 2. The molecule has 1 aromatic carbocycles. The minimum absolute atomic E-state index is 0.0299. The maximum atomic E-state index is 14.1. The molecule has 0 unspecified atom stereocenters. The number of nitrogens with zero attached hydrogens (tertiary/aromatic N) is 5. The summed E-state index contributed by atoms with van der Waals surface area (Å²) in [5.41, 5.74) is 1.56. The molecule has 2 aromatic rings. The van der Waals surface area contributed by atoms with Gasteiger partial charge in [-0.05, 0) is 62.1 Å². The van der Waals surface area contributed by atoms with Crippen molar-refractivity contribution < 1.29 is 23.1 Å². The van der Waals surface area contributed by atoms with Crippen molar-refractivity contribution in [2.24, 2.45) is 11.8 Å². The van der Waals surface area contributed by atoms with E-state index in [9.17, 15) is 18.4 Å². The first kappa shape index (κ1) is 27.4. The molecular formula is C29H36ClF2N5O3. The molecule has 0 N–H and O–H groups in total. The molecule has 0 bridgehead atoms. The van der Waals surface area contributed by atoms with Crippen LogP contribution < -0.4 is 4.74 Å². The smallest absolute Gasteiger partial charge is 0.282 e. The minimum Gasteiger partial charge on any atom is -0.487 e. The highest BCUT2D eigenvalue weighted by Crippen LogP contribution is 2.44. The normalized spacial score (nSPS) is 25.0. The quantitative estimate of drug-likeness (QED) is 0.406. The Bertz CT molecular complexity index is 1280. The van der Waals surface area contributed by atoms with Gasteiger partial charge in [-0.15, -0.1) is 5.10 Å². The summed E-state index contributed by atoms with van der Waals surface area (Å²) in [4.78, 5) is 30.5. The van der Waals surface area contributed by atoms with Gasteiger partial charge in [0, 0.05) is 42.6 Å². The van der Waals surface area contributed by atoms with Gasteiger partial charge in [-0.3, -0.25) is 9.59 Å². The molecule has 3 heterocycles. The van der Waals surface area contributed by atoms with Crippen molar-refractivity contribution in [2.45, 2.75) is 89.8 Å². The van der Waals surface area contributed by atoms with E-state index in [4.69, 9.17) is 16.3 Å². The lowest BCUT2D eigenvalue weighted by Crippen LogP contribution is -2.49. The van der Waals surface area contributed by atoms with Gasteiger partial charge < -0.3 is 14.5 Å². The number of aromatic nitrogens is 3. The second-order valence-electron chi connectivity index (χ2n) is 11.7. The lowest BCUT2D eigenvalue weighted by molar-refractivity contribution is -0.143. The van der Waals surface area contributed by atoms with Crippen LogP contribution in [0.1, 0.15) is 99.3 Å². The number of amides is 2. The number of likely N-dealkylation sites (tertiary alicyclic amines) is 1. The van der Waals surface area contributed by atoms with Crippen LogP contribution in [0.3, 0.4) is 0 Å². The van der Waals surface area contributed by atoms with Gasteiger partial charge in [-0.2, -0.15) is 0 Å². The predicted octanol–water partition coefficient (Wildman–Crippen LogP) is 5.66. The zero-order valence-corrected chi connectivity index (χ0v) is 23.6. The van der Waals surface area contributed by atoms with Crippen molar-refractivity contribution in [3.05, 3.63) is 39.7 Å². The maximum absolute atomic E-state index is 14.1. The summed E-state index contributed by atoms with van der Waals surface area (Å²) < 4.78 is 35.5. The van der Waals surface area contributed by atoms with Crippen LogP contribution in [0.25, 0.3) is 0 Å². The van der Waals surface area contributed by atoms with Gasteiger partial charge in [-0.25, -0.2) is 13.5 Å². The van der Waals surface area contributed by atoms with E-state index in [0.717, 1.165) is 56.1 Å². The van der Waals surface area contributed by atoms with E-state index in [1.807, 2.05) is 9.80 Å². The fraction of sp³-hybridized carbons (Fsp3) is 0.655. The van der Waals surface area contributed by atoms with Gasteiger partial charge in [-0.1, -0.05) is 36.6 Å². The van der Waals surface area contributed by atoms with Gasteiger partial charge in [0.2, 0.25) is 11.8 Å². The van der Waals surface area contributed by atoms with Gasteiger partial charge in [0.25, 0.3) is 6.43 Å². The van der Waals surface area contributed by atoms with Crippen LogP contribution in [0.2, 0.25) is 5.02 Å². The van der Waals surface area contributed by atoms with E-state index in [0.29, 0.717) is 49.2 Å². The number of carbonyl (C=O) groups is 2. The Morgan fingerprint density at radius 3 is 2.62 bits per heavy atom. The molecular weight excluding hydrogens is 540 g/mol. The topological polar surface area (TPSA) is 80.6 Å². The zero-order chi connectivity index (χ0) is 28.0. The number of ether oxygens (including phenoxy) is 1. The minimum atomic E-state index is -2.71. The molecule has 1 saturated heterocycles. The Morgan fingerprint density at radius 1 is 1.12 bits per heavy atom. The van der Waals surface area contributed by atoms with Crippen LogP contribution in [-0.4, -0.2) is 56.2 Å². The third-order valence-corrected chi connectivity index (χ3v) is 9.47. The Balaban J connectivity index is 1.34. The average molecular weight is 576 g/mol. The van der Waals surface area contributed by atoms with E-state index in [2.05, 4.69) is 17.2 Å². The lowest BCUT2D eigenvalue weighted by atomic mass is 9.78. The van der Waals surface area contributed by atoms with E-state index < -0.39 is 12.5 Å². The van der Waals surface area contributed by atoms with Crippen molar-refractivity contribution in [1.29, 1.82) is 0 Å². The highest BCUT2D eigenvalue weighted by Gasteiger charge is 2.41. The van der Waals surface area contributed by atoms with Gasteiger partial charge >= 0.3 is 0 Å². The summed E-state index contributed by atoms with van der Waals surface area (Å²) >= 11 is 6.69. The third-order valence-electron chi connectivity index (χ3n) is 9.12. The Labute approximate surface area is 238 Å². The van der Waals surface area contributed by atoms with Crippen LogP contribution in [0.4, 0.5) is 8.78 Å². The SMILES string of the molecule is C[C@H]1CCCC[C@H]1C(=O)N1CCc2c(Cl)ccc(OCc3nnn(C4CC4)c3C(F)F)c2[C@H]1CN1CCCC1=O. The summed E-state index contributed by atoms with van der Waals surface area (Å²) in [6, 6.07) is 3.03. The zero-order valence-electron chi connectivity index (χ0n) is 22.8. The third kappa shape index (κ3) is 5.19. The second kappa shape index (κ2) is 11.3. The molecule has 11 heteroatoms. The van der Waals surface area contributed by atoms with Crippen LogP contribution in [0.15, 0.2) is 12.1 Å². The summed E-state index contributed by atoms with van der Waals surface area (Å²) in [5, 5.41) is 8.60. The van der Waals surface area contributed by atoms with Gasteiger partial charge in [0.1, 0.15) is 23.7 Å². The predicted molar refractivity (Wildman–Crippen MR) is 144 cm³/mol. The number of carbonyl (C=O) groups excluding carboxylic acids is 2. The number of benzene rings is 1. The van der Waals surface area contributed by atoms with Crippen LogP contribution in [-0.2, 0) is 22.6 Å². The lowest BCUT2D eigenvalue weighted by Gasteiger charge is -2.43. The molecule has 2 aliphatic carbocycles. The molecule has 4 aliphatic rings. The van der Waals surface area contributed by atoms with Crippen molar-refractivity contribution in [2.75, 3.05) is 19.6 Å². The van der Waals surface area contributed by atoms with Crippen molar-refractivity contribution in [3.63, 3.8) is 0 Å². The number of hydrogen-bond acceptors (Lipinski definition) is 5. The summed E-state index contributed by atoms with van der Waals surface area (Å²) in [6.45, 7) is 3.49. The molecule has 0 spiro atoms. The Kier molecular flexibility index (Phi) is 7.72. The fourth-order valence-corrected chi connectivity index (χ4v) is 7.02. The highest BCUT2D eigenvalue weighted by molar-refractivity contribution is 6.31. The second-order valence-corrected chi connectivity index (χ2v) is 12.1. The standard InChI is InChI=1S/C29H36ClF2N5O3/c1-17-5-2-3-6-19(17)29(39)36-14-12-20-21(30)10-11-24(26(20)23(36)15-35-13-4-7-25(35)38)40-16-22-27(28(31)32)37(34-33-22)18-8-9-18/h10-11,17-19,23,28H,2-9,12-16H2,1H3/t17-,19+,23+/m0/s1. The summed E-state index contributed by atoms with van der Waals surface area (Å²) in [6.07, 6.45) is 4.83.